The SMILES string of the molecule is CN(C)CCOc1ccccc1-c1cc(-c2ccccn2)nn(-c2ccccc2Br)c1=O. The van der Waals surface area contributed by atoms with Gasteiger partial charge in [0.05, 0.1) is 16.9 Å². The summed E-state index contributed by atoms with van der Waals surface area (Å²) in [7, 11) is 3.99. The first-order valence-corrected chi connectivity index (χ1v) is 11.0. The Morgan fingerprint density at radius 3 is 2.44 bits per heavy atom. The van der Waals surface area contributed by atoms with Gasteiger partial charge in [0.25, 0.3) is 5.56 Å². The van der Waals surface area contributed by atoms with Crippen LogP contribution in [0.4, 0.5) is 0 Å². The van der Waals surface area contributed by atoms with E-state index in [0.29, 0.717) is 35.0 Å². The summed E-state index contributed by atoms with van der Waals surface area (Å²) in [6, 6.07) is 22.5. The zero-order chi connectivity index (χ0) is 22.5. The fraction of sp³-hybridized carbons (Fsp3) is 0.160. The normalized spacial score (nSPS) is 11.0. The molecule has 0 spiro atoms. The van der Waals surface area contributed by atoms with Gasteiger partial charge in [0.15, 0.2) is 0 Å². The Hall–Kier alpha value is -3.29. The Kier molecular flexibility index (Phi) is 6.78. The Labute approximate surface area is 195 Å². The Morgan fingerprint density at radius 1 is 0.938 bits per heavy atom. The second-order valence-corrected chi connectivity index (χ2v) is 8.33. The minimum absolute atomic E-state index is 0.236. The van der Waals surface area contributed by atoms with Gasteiger partial charge in [0, 0.05) is 22.8 Å². The molecule has 0 unspecified atom stereocenters. The number of pyridine rings is 1. The highest BCUT2D eigenvalue weighted by atomic mass is 79.9. The molecule has 2 heterocycles. The maximum Gasteiger partial charge on any atom is 0.279 e. The van der Waals surface area contributed by atoms with E-state index in [1.54, 1.807) is 12.3 Å². The van der Waals surface area contributed by atoms with Crippen LogP contribution in [0.3, 0.4) is 0 Å². The van der Waals surface area contributed by atoms with Crippen molar-refractivity contribution in [2.24, 2.45) is 0 Å². The molecule has 0 aliphatic carbocycles. The lowest BCUT2D eigenvalue weighted by Crippen LogP contribution is -2.24. The number of likely N-dealkylation sites (N-methyl/N-ethyl adjacent to an activating group) is 1. The number of hydrogen-bond acceptors (Lipinski definition) is 5. The highest BCUT2D eigenvalue weighted by Crippen LogP contribution is 2.30. The molecule has 4 rings (SSSR count). The third-order valence-electron chi connectivity index (χ3n) is 4.89. The van der Waals surface area contributed by atoms with Gasteiger partial charge in [-0.15, -0.1) is 0 Å². The first kappa shape index (κ1) is 21.9. The van der Waals surface area contributed by atoms with Gasteiger partial charge in [-0.3, -0.25) is 9.78 Å². The van der Waals surface area contributed by atoms with Crippen LogP contribution in [-0.4, -0.2) is 46.9 Å². The van der Waals surface area contributed by atoms with Gasteiger partial charge in [-0.05, 0) is 66.4 Å². The van der Waals surface area contributed by atoms with Crippen LogP contribution >= 0.6 is 15.9 Å². The average Bonchev–Trinajstić information content (AvgIpc) is 2.81. The molecule has 7 heteroatoms. The molecule has 0 fully saturated rings. The van der Waals surface area contributed by atoms with E-state index in [9.17, 15) is 4.79 Å². The topological polar surface area (TPSA) is 60.2 Å². The van der Waals surface area contributed by atoms with Gasteiger partial charge in [-0.25, -0.2) is 0 Å². The van der Waals surface area contributed by atoms with Gasteiger partial charge in [0.2, 0.25) is 0 Å². The molecule has 0 saturated heterocycles. The number of ether oxygens (including phenoxy) is 1. The number of hydrogen-bond donors (Lipinski definition) is 0. The van der Waals surface area contributed by atoms with Gasteiger partial charge < -0.3 is 9.64 Å². The molecule has 0 aliphatic rings. The van der Waals surface area contributed by atoms with Gasteiger partial charge >= 0.3 is 0 Å². The van der Waals surface area contributed by atoms with Crippen molar-refractivity contribution in [1.29, 1.82) is 0 Å². The molecule has 6 nitrogen and oxygen atoms in total. The second-order valence-electron chi connectivity index (χ2n) is 7.47. The third-order valence-corrected chi connectivity index (χ3v) is 5.56. The lowest BCUT2D eigenvalue weighted by atomic mass is 10.0. The van der Waals surface area contributed by atoms with Crippen LogP contribution in [-0.2, 0) is 0 Å². The fourth-order valence-corrected chi connectivity index (χ4v) is 3.72. The third kappa shape index (κ3) is 4.79. The first-order valence-electron chi connectivity index (χ1n) is 10.2. The van der Waals surface area contributed by atoms with Gasteiger partial charge in [-0.1, -0.05) is 36.4 Å². The van der Waals surface area contributed by atoms with E-state index in [-0.39, 0.29) is 5.56 Å². The number of halogens is 1. The highest BCUT2D eigenvalue weighted by molar-refractivity contribution is 9.10. The monoisotopic (exact) mass is 490 g/mol. The summed E-state index contributed by atoms with van der Waals surface area (Å²) < 4.78 is 8.23. The van der Waals surface area contributed by atoms with E-state index in [2.05, 4.69) is 26.0 Å². The summed E-state index contributed by atoms with van der Waals surface area (Å²) in [6.45, 7) is 1.28. The summed E-state index contributed by atoms with van der Waals surface area (Å²) >= 11 is 3.55. The average molecular weight is 491 g/mol. The van der Waals surface area contributed by atoms with Crippen LogP contribution in [0.15, 0.2) is 88.3 Å². The minimum Gasteiger partial charge on any atom is -0.492 e. The number of rotatable bonds is 7. The number of benzene rings is 2. The van der Waals surface area contributed by atoms with Crippen LogP contribution in [0.1, 0.15) is 0 Å². The van der Waals surface area contributed by atoms with Crippen LogP contribution in [0.5, 0.6) is 5.75 Å². The second kappa shape index (κ2) is 9.89. The maximum absolute atomic E-state index is 13.6. The van der Waals surface area contributed by atoms with Gasteiger partial charge in [-0.2, -0.15) is 9.78 Å². The van der Waals surface area contributed by atoms with E-state index < -0.39 is 0 Å². The summed E-state index contributed by atoms with van der Waals surface area (Å²) in [4.78, 5) is 20.1. The molecule has 0 radical (unpaired) electrons. The minimum atomic E-state index is -0.236. The molecule has 2 aromatic heterocycles. The fourth-order valence-electron chi connectivity index (χ4n) is 3.27. The molecular weight excluding hydrogens is 468 g/mol. The summed E-state index contributed by atoms with van der Waals surface area (Å²) in [5.41, 5.74) is 2.91. The lowest BCUT2D eigenvalue weighted by molar-refractivity contribution is 0.262. The summed E-state index contributed by atoms with van der Waals surface area (Å²) in [5, 5.41) is 4.64. The Balaban J connectivity index is 1.91. The van der Waals surface area contributed by atoms with Crippen molar-refractivity contribution in [3.63, 3.8) is 0 Å². The van der Waals surface area contributed by atoms with Crippen molar-refractivity contribution in [2.75, 3.05) is 27.2 Å². The van der Waals surface area contributed by atoms with Gasteiger partial charge in [0.1, 0.15) is 18.1 Å². The zero-order valence-corrected chi connectivity index (χ0v) is 19.5. The van der Waals surface area contributed by atoms with Crippen molar-refractivity contribution in [1.82, 2.24) is 19.7 Å². The molecule has 2 aromatic carbocycles. The standard InChI is InChI=1S/C25H23BrN4O2/c1-29(2)15-16-32-24-13-6-3-9-18(24)19-17-22(21-11-7-8-14-27-21)28-30(25(19)31)23-12-5-4-10-20(23)26/h3-14,17H,15-16H2,1-2H3. The van der Waals surface area contributed by atoms with Crippen LogP contribution in [0.2, 0.25) is 0 Å². The van der Waals surface area contributed by atoms with Crippen molar-refractivity contribution in [2.45, 2.75) is 0 Å². The molecule has 162 valence electrons. The van der Waals surface area contributed by atoms with E-state index >= 15 is 0 Å². The van der Waals surface area contributed by atoms with E-state index in [4.69, 9.17) is 4.74 Å². The van der Waals surface area contributed by atoms with Crippen molar-refractivity contribution >= 4 is 15.9 Å². The number of nitrogens with zero attached hydrogens (tertiary/aromatic N) is 4. The van der Waals surface area contributed by atoms with E-state index in [1.807, 2.05) is 85.7 Å². The molecule has 0 saturated carbocycles. The Bertz CT molecular complexity index is 1270. The molecule has 4 aromatic rings. The van der Waals surface area contributed by atoms with Crippen molar-refractivity contribution < 1.29 is 4.74 Å². The molecule has 0 atom stereocenters. The molecule has 0 N–H and O–H groups in total. The van der Waals surface area contributed by atoms with Crippen LogP contribution in [0.25, 0.3) is 28.2 Å². The maximum atomic E-state index is 13.6. The van der Waals surface area contributed by atoms with E-state index in [0.717, 1.165) is 16.6 Å². The van der Waals surface area contributed by atoms with Crippen LogP contribution < -0.4 is 10.3 Å². The van der Waals surface area contributed by atoms with Crippen molar-refractivity contribution in [3.05, 3.63) is 93.8 Å². The molecule has 0 bridgehead atoms. The predicted octanol–water partition coefficient (Wildman–Crippen LogP) is 4.66. The lowest BCUT2D eigenvalue weighted by Gasteiger charge is -2.16. The molecular formula is C25H23BrN4O2. The van der Waals surface area contributed by atoms with Crippen molar-refractivity contribution in [3.8, 4) is 34.0 Å². The summed E-state index contributed by atoms with van der Waals surface area (Å²) in [6.07, 6.45) is 1.71. The van der Waals surface area contributed by atoms with Crippen LogP contribution in [0, 0.1) is 0 Å². The zero-order valence-electron chi connectivity index (χ0n) is 17.9. The number of para-hydroxylation sites is 2. The Morgan fingerprint density at radius 2 is 1.69 bits per heavy atom. The van der Waals surface area contributed by atoms with E-state index in [1.165, 1.54) is 4.68 Å². The molecule has 32 heavy (non-hydrogen) atoms. The first-order chi connectivity index (χ1) is 15.5. The number of aromatic nitrogens is 3. The predicted molar refractivity (Wildman–Crippen MR) is 130 cm³/mol. The molecule has 0 aliphatic heterocycles. The molecule has 0 amide bonds. The quantitative estimate of drug-likeness (QED) is 0.376. The highest BCUT2D eigenvalue weighted by Gasteiger charge is 2.17. The smallest absolute Gasteiger partial charge is 0.279 e. The summed E-state index contributed by atoms with van der Waals surface area (Å²) in [5.74, 6) is 0.656. The largest absolute Gasteiger partial charge is 0.492 e.